The Labute approximate surface area is 188 Å². The first-order valence-corrected chi connectivity index (χ1v) is 10.9. The van der Waals surface area contributed by atoms with E-state index in [4.69, 9.17) is 4.42 Å². The fraction of sp³-hybridized carbons (Fsp3) is 0. The first kappa shape index (κ1) is 20.0. The van der Waals surface area contributed by atoms with Crippen LogP contribution in [0.3, 0.4) is 0 Å². The number of rotatable bonds is 6. The number of carbonyl (C=O) groups is 1. The quantitative estimate of drug-likeness (QED) is 0.203. The van der Waals surface area contributed by atoms with E-state index >= 15 is 0 Å². The predicted molar refractivity (Wildman–Crippen MR) is 122 cm³/mol. The van der Waals surface area contributed by atoms with Gasteiger partial charge in [-0.1, -0.05) is 12.1 Å². The number of nitro groups is 1. The van der Waals surface area contributed by atoms with Crippen LogP contribution < -0.4 is 5.43 Å². The lowest BCUT2D eigenvalue weighted by molar-refractivity contribution is -0.384. The lowest BCUT2D eigenvalue weighted by Crippen LogP contribution is -2.15. The van der Waals surface area contributed by atoms with Gasteiger partial charge in [0.15, 0.2) is 10.2 Å². The van der Waals surface area contributed by atoms with Crippen LogP contribution in [0.1, 0.15) is 15.4 Å². The molecular weight excluding hydrogens is 450 g/mol. The van der Waals surface area contributed by atoms with Gasteiger partial charge in [0.05, 0.1) is 27.0 Å². The number of amides is 1. The lowest BCUT2D eigenvalue weighted by Gasteiger charge is -1.94. The highest BCUT2D eigenvalue weighted by Crippen LogP contribution is 2.29. The highest BCUT2D eigenvalue weighted by Gasteiger charge is 2.13. The number of fused-ring (bicyclic) bond motifs is 2. The fourth-order valence-electron chi connectivity index (χ4n) is 3.00. The van der Waals surface area contributed by atoms with Crippen molar-refractivity contribution in [2.45, 2.75) is 10.2 Å². The van der Waals surface area contributed by atoms with Crippen molar-refractivity contribution >= 4 is 62.0 Å². The van der Waals surface area contributed by atoms with Crippen molar-refractivity contribution in [3.05, 3.63) is 81.4 Å². The molecule has 2 N–H and O–H groups in total. The molecule has 0 spiro atoms. The lowest BCUT2D eigenvalue weighted by atomic mass is 10.2. The highest BCUT2D eigenvalue weighted by atomic mass is 32.2. The maximum absolute atomic E-state index is 12.4. The zero-order valence-corrected chi connectivity index (χ0v) is 17.8. The molecule has 0 atom stereocenters. The third-order valence-corrected chi connectivity index (χ3v) is 6.38. The van der Waals surface area contributed by atoms with E-state index in [-0.39, 0.29) is 5.69 Å². The van der Waals surface area contributed by atoms with Gasteiger partial charge in [0.2, 0.25) is 0 Å². The van der Waals surface area contributed by atoms with Crippen molar-refractivity contribution in [2.24, 2.45) is 5.10 Å². The molecule has 0 bridgehead atoms. The summed E-state index contributed by atoms with van der Waals surface area (Å²) in [4.78, 5) is 30.9. The van der Waals surface area contributed by atoms with Crippen LogP contribution in [-0.4, -0.2) is 27.0 Å². The van der Waals surface area contributed by atoms with E-state index in [1.165, 1.54) is 41.4 Å². The number of nitro benzene ring substituents is 1. The third-order valence-electron chi connectivity index (χ3n) is 4.46. The minimum atomic E-state index is -0.467. The molecule has 11 heteroatoms. The number of aromatic nitrogens is 2. The molecule has 0 aliphatic rings. The zero-order valence-electron chi connectivity index (χ0n) is 16.1. The average molecular weight is 464 g/mol. The number of nitrogens with one attached hydrogen (secondary N) is 2. The Balaban J connectivity index is 1.23. The predicted octanol–water partition coefficient (Wildman–Crippen LogP) is 5.19. The summed E-state index contributed by atoms with van der Waals surface area (Å²) in [7, 11) is 0. The molecule has 0 radical (unpaired) electrons. The number of benzene rings is 2. The monoisotopic (exact) mass is 463 g/mol. The Kier molecular flexibility index (Phi) is 5.17. The van der Waals surface area contributed by atoms with Gasteiger partial charge in [-0.3, -0.25) is 14.9 Å². The average Bonchev–Trinajstić information content (AvgIpc) is 3.50. The molecule has 3 aromatic heterocycles. The van der Waals surface area contributed by atoms with E-state index in [2.05, 4.69) is 20.5 Å². The fourth-order valence-corrected chi connectivity index (χ4v) is 4.70. The van der Waals surface area contributed by atoms with Crippen LogP contribution in [0.25, 0.3) is 21.1 Å². The van der Waals surface area contributed by atoms with Gasteiger partial charge < -0.3 is 9.40 Å². The number of hydrogen-bond acceptors (Lipinski definition) is 8. The van der Waals surface area contributed by atoms with Gasteiger partial charge in [0.1, 0.15) is 5.76 Å². The van der Waals surface area contributed by atoms with E-state index in [0.29, 0.717) is 26.3 Å². The molecule has 0 unspecified atom stereocenters. The number of H-pyrrole nitrogens is 1. The number of aromatic amines is 1. The molecule has 32 heavy (non-hydrogen) atoms. The van der Waals surface area contributed by atoms with Crippen molar-refractivity contribution in [3.8, 4) is 0 Å². The van der Waals surface area contributed by atoms with Crippen molar-refractivity contribution in [1.29, 1.82) is 0 Å². The summed E-state index contributed by atoms with van der Waals surface area (Å²) >= 11 is 2.58. The number of hydrogen-bond donors (Lipinski definition) is 2. The normalized spacial score (nSPS) is 11.5. The molecule has 1 amide bonds. The molecule has 0 fully saturated rings. The molecule has 5 aromatic rings. The molecule has 9 nitrogen and oxygen atoms in total. The number of imidazole rings is 1. The van der Waals surface area contributed by atoms with E-state index < -0.39 is 10.8 Å². The summed E-state index contributed by atoms with van der Waals surface area (Å²) in [5.41, 5.74) is 4.25. The number of furan rings is 1. The molecule has 5 rings (SSSR count). The number of nitrogens with zero attached hydrogens (tertiary/aromatic N) is 3. The minimum Gasteiger partial charge on any atom is -0.448 e. The van der Waals surface area contributed by atoms with Gasteiger partial charge in [-0.05, 0) is 48.2 Å². The van der Waals surface area contributed by atoms with E-state index in [9.17, 15) is 14.9 Å². The molecule has 0 aliphatic heterocycles. The molecular formula is C21H13N5O4S2. The summed E-state index contributed by atoms with van der Waals surface area (Å²) in [5.74, 6) is 0.0596. The molecule has 3 heterocycles. The third kappa shape index (κ3) is 4.11. The van der Waals surface area contributed by atoms with E-state index in [0.717, 1.165) is 15.7 Å². The molecule has 2 aromatic carbocycles. The van der Waals surface area contributed by atoms with Gasteiger partial charge >= 0.3 is 0 Å². The van der Waals surface area contributed by atoms with Crippen LogP contribution >= 0.6 is 23.1 Å². The van der Waals surface area contributed by atoms with Gasteiger partial charge in [0.25, 0.3) is 11.6 Å². The smallest absolute Gasteiger partial charge is 0.281 e. The summed E-state index contributed by atoms with van der Waals surface area (Å²) in [6.07, 6.45) is 1.40. The van der Waals surface area contributed by atoms with Gasteiger partial charge in [0, 0.05) is 22.2 Å². The first-order chi connectivity index (χ1) is 15.5. The van der Waals surface area contributed by atoms with Crippen LogP contribution in [0.2, 0.25) is 0 Å². The second-order valence-electron chi connectivity index (χ2n) is 6.61. The van der Waals surface area contributed by atoms with Crippen molar-refractivity contribution in [1.82, 2.24) is 15.4 Å². The second kappa shape index (κ2) is 8.29. The summed E-state index contributed by atoms with van der Waals surface area (Å²) in [5, 5.41) is 16.8. The van der Waals surface area contributed by atoms with Crippen molar-refractivity contribution < 1.29 is 14.1 Å². The van der Waals surface area contributed by atoms with Crippen LogP contribution in [-0.2, 0) is 0 Å². The number of carbonyl (C=O) groups excluding carboxylic acids is 1. The number of para-hydroxylation sites is 2. The molecule has 0 saturated carbocycles. The zero-order chi connectivity index (χ0) is 22.1. The molecule has 158 valence electrons. The Bertz CT molecular complexity index is 1470. The number of non-ortho nitro benzene ring substituents is 1. The number of thiophene rings is 1. The highest BCUT2D eigenvalue weighted by molar-refractivity contribution is 7.99. The standard InChI is InChI=1S/C21H13N5O4S2/c27-20(18-10-12-9-13(26(28)29)5-7-17(12)31-18)25-22-11-14-6-8-19(30-14)32-21-23-15-3-1-2-4-16(15)24-21/h1-11H,(H,23,24)(H,25,27)/b22-11-. The minimum absolute atomic E-state index is 0.0191. The summed E-state index contributed by atoms with van der Waals surface area (Å²) in [6, 6.07) is 17.4. The SMILES string of the molecule is O=C(N/N=C\c1ccc(Sc2nc3ccccc3[nH]2)o1)c1cc2cc([N+](=O)[O-])ccc2s1. The second-order valence-corrected chi connectivity index (χ2v) is 8.68. The van der Waals surface area contributed by atoms with Gasteiger partial charge in [-0.25, -0.2) is 10.4 Å². The van der Waals surface area contributed by atoms with Crippen molar-refractivity contribution in [3.63, 3.8) is 0 Å². The molecule has 0 saturated heterocycles. The van der Waals surface area contributed by atoms with Gasteiger partial charge in [-0.15, -0.1) is 11.3 Å². The van der Waals surface area contributed by atoms with Crippen LogP contribution in [0.15, 0.2) is 80.4 Å². The van der Waals surface area contributed by atoms with E-state index in [1.807, 2.05) is 24.3 Å². The number of hydrazone groups is 1. The van der Waals surface area contributed by atoms with Gasteiger partial charge in [-0.2, -0.15) is 5.10 Å². The Morgan fingerprint density at radius 1 is 1.22 bits per heavy atom. The molecule has 0 aliphatic carbocycles. The summed E-state index contributed by atoms with van der Waals surface area (Å²) < 4.78 is 6.48. The maximum atomic E-state index is 12.4. The Hall–Kier alpha value is -3.96. The van der Waals surface area contributed by atoms with Crippen LogP contribution in [0.5, 0.6) is 0 Å². The topological polar surface area (TPSA) is 126 Å². The van der Waals surface area contributed by atoms with E-state index in [1.54, 1.807) is 24.3 Å². The largest absolute Gasteiger partial charge is 0.448 e. The van der Waals surface area contributed by atoms with Crippen molar-refractivity contribution in [2.75, 3.05) is 0 Å². The Morgan fingerprint density at radius 3 is 2.94 bits per heavy atom. The van der Waals surface area contributed by atoms with Crippen LogP contribution in [0.4, 0.5) is 5.69 Å². The Morgan fingerprint density at radius 2 is 2.09 bits per heavy atom. The van der Waals surface area contributed by atoms with Crippen LogP contribution in [0, 0.1) is 10.1 Å². The maximum Gasteiger partial charge on any atom is 0.281 e. The first-order valence-electron chi connectivity index (χ1n) is 9.29. The summed E-state index contributed by atoms with van der Waals surface area (Å²) in [6.45, 7) is 0.